The fourth-order valence-corrected chi connectivity index (χ4v) is 3.48. The van der Waals surface area contributed by atoms with Crippen molar-refractivity contribution in [3.8, 4) is 5.75 Å². The highest BCUT2D eigenvalue weighted by atomic mass is 16.5. The van der Waals surface area contributed by atoms with Gasteiger partial charge in [0.1, 0.15) is 5.75 Å². The topological polar surface area (TPSA) is 47.6 Å². The molecule has 138 valence electrons. The Kier molecular flexibility index (Phi) is 5.94. The van der Waals surface area contributed by atoms with Crippen molar-refractivity contribution < 1.29 is 14.3 Å². The van der Waals surface area contributed by atoms with Gasteiger partial charge in [-0.3, -0.25) is 4.79 Å². The number of amides is 1. The van der Waals surface area contributed by atoms with E-state index < -0.39 is 0 Å². The Hall–Kier alpha value is -2.33. The minimum Gasteiger partial charge on any atom is -0.490 e. The van der Waals surface area contributed by atoms with Gasteiger partial charge < -0.3 is 14.8 Å². The first-order valence-corrected chi connectivity index (χ1v) is 9.28. The lowest BCUT2D eigenvalue weighted by Gasteiger charge is -2.38. The van der Waals surface area contributed by atoms with Gasteiger partial charge in [-0.15, -0.1) is 0 Å². The zero-order chi connectivity index (χ0) is 18.4. The highest BCUT2D eigenvalue weighted by molar-refractivity contribution is 5.97. The lowest BCUT2D eigenvalue weighted by atomic mass is 9.74. The van der Waals surface area contributed by atoms with Crippen LogP contribution in [0, 0.1) is 0 Å². The summed E-state index contributed by atoms with van der Waals surface area (Å²) >= 11 is 0. The quantitative estimate of drug-likeness (QED) is 0.855. The second kappa shape index (κ2) is 8.37. The van der Waals surface area contributed by atoms with Gasteiger partial charge in [-0.2, -0.15) is 0 Å². The highest BCUT2D eigenvalue weighted by Crippen LogP contribution is 2.34. The Balaban J connectivity index is 1.77. The second-order valence-corrected chi connectivity index (χ2v) is 7.10. The Morgan fingerprint density at radius 2 is 1.73 bits per heavy atom. The van der Waals surface area contributed by atoms with E-state index in [4.69, 9.17) is 9.47 Å². The van der Waals surface area contributed by atoms with Gasteiger partial charge in [-0.05, 0) is 44.4 Å². The molecule has 4 heteroatoms. The van der Waals surface area contributed by atoms with E-state index in [9.17, 15) is 4.79 Å². The van der Waals surface area contributed by atoms with Gasteiger partial charge in [-0.1, -0.05) is 42.5 Å². The van der Waals surface area contributed by atoms with E-state index in [0.717, 1.165) is 26.1 Å². The molecule has 0 radical (unpaired) electrons. The summed E-state index contributed by atoms with van der Waals surface area (Å²) in [7, 11) is 0. The number of para-hydroxylation sites is 1. The Bertz CT molecular complexity index is 721. The molecule has 1 aliphatic heterocycles. The molecule has 0 bridgehead atoms. The van der Waals surface area contributed by atoms with Crippen molar-refractivity contribution in [2.75, 3.05) is 19.8 Å². The molecule has 1 fully saturated rings. The molecular weight excluding hydrogens is 326 g/mol. The lowest BCUT2D eigenvalue weighted by molar-refractivity contribution is 0.0486. The van der Waals surface area contributed by atoms with Crippen LogP contribution in [0.3, 0.4) is 0 Å². The molecule has 0 aliphatic carbocycles. The SMILES string of the molecule is CC(C)Oc1ccccc1C(=O)NCC1(c2ccccc2)CCOCC1. The van der Waals surface area contributed by atoms with Crippen LogP contribution in [0.4, 0.5) is 0 Å². The Morgan fingerprint density at radius 3 is 2.42 bits per heavy atom. The smallest absolute Gasteiger partial charge is 0.255 e. The van der Waals surface area contributed by atoms with Gasteiger partial charge in [0.2, 0.25) is 0 Å². The Labute approximate surface area is 155 Å². The number of carbonyl (C=O) groups excluding carboxylic acids is 1. The molecule has 1 aliphatic rings. The third-order valence-electron chi connectivity index (χ3n) is 4.92. The molecule has 0 saturated carbocycles. The molecule has 0 atom stereocenters. The fraction of sp³-hybridized carbons (Fsp3) is 0.409. The van der Waals surface area contributed by atoms with E-state index in [1.807, 2.05) is 44.2 Å². The molecule has 4 nitrogen and oxygen atoms in total. The van der Waals surface area contributed by atoms with Gasteiger partial charge in [-0.25, -0.2) is 0 Å². The summed E-state index contributed by atoms with van der Waals surface area (Å²) in [6.45, 7) is 5.95. The van der Waals surface area contributed by atoms with Crippen LogP contribution in [0.5, 0.6) is 5.75 Å². The van der Waals surface area contributed by atoms with Crippen molar-refractivity contribution in [2.24, 2.45) is 0 Å². The predicted octanol–water partition coefficient (Wildman–Crippen LogP) is 3.95. The third kappa shape index (κ3) is 4.25. The summed E-state index contributed by atoms with van der Waals surface area (Å²) in [6, 6.07) is 17.8. The maximum absolute atomic E-state index is 12.8. The summed E-state index contributed by atoms with van der Waals surface area (Å²) in [6.07, 6.45) is 1.83. The van der Waals surface area contributed by atoms with Gasteiger partial charge in [0, 0.05) is 25.2 Å². The average molecular weight is 353 g/mol. The predicted molar refractivity (Wildman–Crippen MR) is 103 cm³/mol. The zero-order valence-electron chi connectivity index (χ0n) is 15.5. The molecule has 2 aromatic carbocycles. The molecular formula is C22H27NO3. The molecule has 0 aromatic heterocycles. The molecule has 1 saturated heterocycles. The van der Waals surface area contributed by atoms with Crippen molar-refractivity contribution >= 4 is 5.91 Å². The molecule has 1 amide bonds. The van der Waals surface area contributed by atoms with Gasteiger partial charge in [0.25, 0.3) is 5.91 Å². The first-order chi connectivity index (χ1) is 12.6. The van der Waals surface area contributed by atoms with Crippen molar-refractivity contribution in [3.63, 3.8) is 0 Å². The van der Waals surface area contributed by atoms with Crippen molar-refractivity contribution in [2.45, 2.75) is 38.2 Å². The standard InChI is InChI=1S/C22H27NO3/c1-17(2)26-20-11-7-6-10-19(20)21(24)23-16-22(12-14-25-15-13-22)18-8-4-3-5-9-18/h3-11,17H,12-16H2,1-2H3,(H,23,24). The largest absolute Gasteiger partial charge is 0.490 e. The fourth-order valence-electron chi connectivity index (χ4n) is 3.48. The number of hydrogen-bond donors (Lipinski definition) is 1. The van der Waals surface area contributed by atoms with Gasteiger partial charge in [0.15, 0.2) is 0 Å². The summed E-state index contributed by atoms with van der Waals surface area (Å²) in [5, 5.41) is 3.15. The van der Waals surface area contributed by atoms with E-state index in [2.05, 4.69) is 29.6 Å². The first-order valence-electron chi connectivity index (χ1n) is 9.28. The van der Waals surface area contributed by atoms with E-state index >= 15 is 0 Å². The van der Waals surface area contributed by atoms with E-state index in [0.29, 0.717) is 17.9 Å². The normalized spacial score (nSPS) is 16.3. The van der Waals surface area contributed by atoms with Crippen molar-refractivity contribution in [1.29, 1.82) is 0 Å². The van der Waals surface area contributed by atoms with Gasteiger partial charge >= 0.3 is 0 Å². The highest BCUT2D eigenvalue weighted by Gasteiger charge is 2.35. The number of nitrogens with one attached hydrogen (secondary N) is 1. The minimum atomic E-state index is -0.0944. The molecule has 1 heterocycles. The lowest BCUT2D eigenvalue weighted by Crippen LogP contribution is -2.44. The average Bonchev–Trinajstić information content (AvgIpc) is 2.67. The third-order valence-corrected chi connectivity index (χ3v) is 4.92. The van der Waals surface area contributed by atoms with Crippen molar-refractivity contribution in [1.82, 2.24) is 5.32 Å². The molecule has 26 heavy (non-hydrogen) atoms. The first kappa shape index (κ1) is 18.5. The van der Waals surface area contributed by atoms with Crippen LogP contribution in [-0.4, -0.2) is 31.8 Å². The number of carbonyl (C=O) groups is 1. The van der Waals surface area contributed by atoms with E-state index in [1.54, 1.807) is 0 Å². The van der Waals surface area contributed by atoms with Crippen LogP contribution in [0.25, 0.3) is 0 Å². The minimum absolute atomic E-state index is 0.0232. The van der Waals surface area contributed by atoms with Crippen LogP contribution in [0.2, 0.25) is 0 Å². The molecule has 0 unspecified atom stereocenters. The summed E-state index contributed by atoms with van der Waals surface area (Å²) < 4.78 is 11.4. The summed E-state index contributed by atoms with van der Waals surface area (Å²) in [5.41, 5.74) is 1.76. The van der Waals surface area contributed by atoms with Crippen molar-refractivity contribution in [3.05, 3.63) is 65.7 Å². The van der Waals surface area contributed by atoms with E-state index in [1.165, 1.54) is 5.56 Å². The second-order valence-electron chi connectivity index (χ2n) is 7.10. The monoisotopic (exact) mass is 353 g/mol. The number of rotatable bonds is 6. The van der Waals surface area contributed by atoms with Crippen LogP contribution < -0.4 is 10.1 Å². The van der Waals surface area contributed by atoms with Crippen LogP contribution in [0.15, 0.2) is 54.6 Å². The number of benzene rings is 2. The summed E-state index contributed by atoms with van der Waals surface area (Å²) in [4.78, 5) is 12.8. The maximum Gasteiger partial charge on any atom is 0.255 e. The van der Waals surface area contributed by atoms with E-state index in [-0.39, 0.29) is 17.4 Å². The van der Waals surface area contributed by atoms with Gasteiger partial charge in [0.05, 0.1) is 11.7 Å². The maximum atomic E-state index is 12.8. The number of ether oxygens (including phenoxy) is 2. The molecule has 3 rings (SSSR count). The van der Waals surface area contributed by atoms with Crippen LogP contribution >= 0.6 is 0 Å². The Morgan fingerprint density at radius 1 is 1.08 bits per heavy atom. The summed E-state index contributed by atoms with van der Waals surface area (Å²) in [5.74, 6) is 0.531. The number of hydrogen-bond acceptors (Lipinski definition) is 3. The molecule has 0 spiro atoms. The molecule has 1 N–H and O–H groups in total. The molecule has 2 aromatic rings. The zero-order valence-corrected chi connectivity index (χ0v) is 15.5. The van der Waals surface area contributed by atoms with Crippen LogP contribution in [0.1, 0.15) is 42.6 Å². The van der Waals surface area contributed by atoms with Crippen LogP contribution in [-0.2, 0) is 10.2 Å².